The second kappa shape index (κ2) is 4.36. The van der Waals surface area contributed by atoms with Crippen molar-refractivity contribution in [3.05, 3.63) is 11.9 Å². The monoisotopic (exact) mass is 272 g/mol. The Bertz CT molecular complexity index is 535. The molecule has 2 aliphatic rings. The van der Waals surface area contributed by atoms with Crippen LogP contribution in [0.4, 0.5) is 0 Å². The van der Waals surface area contributed by atoms with Crippen molar-refractivity contribution in [3.63, 3.8) is 0 Å². The summed E-state index contributed by atoms with van der Waals surface area (Å²) in [4.78, 5) is 11.1. The van der Waals surface area contributed by atoms with E-state index in [1.165, 1.54) is 11.2 Å². The van der Waals surface area contributed by atoms with Gasteiger partial charge in [0.05, 0.1) is 0 Å². The topological polar surface area (TPSA) is 85.6 Å². The summed E-state index contributed by atoms with van der Waals surface area (Å²) in [6, 6.07) is 0. The van der Waals surface area contributed by atoms with Gasteiger partial charge in [-0.15, -0.1) is 0 Å². The van der Waals surface area contributed by atoms with Crippen molar-refractivity contribution in [2.75, 3.05) is 13.6 Å². The molecule has 0 radical (unpaired) electrons. The zero-order valence-corrected chi connectivity index (χ0v) is 11.3. The van der Waals surface area contributed by atoms with Crippen LogP contribution in [-0.4, -0.2) is 54.0 Å². The van der Waals surface area contributed by atoms with Gasteiger partial charge in [0, 0.05) is 19.8 Å². The Morgan fingerprint density at radius 1 is 1.50 bits per heavy atom. The summed E-state index contributed by atoms with van der Waals surface area (Å²) in [5, 5.41) is 0. The van der Waals surface area contributed by atoms with Crippen LogP contribution >= 0.6 is 0 Å². The zero-order chi connectivity index (χ0) is 13.5. The predicted molar refractivity (Wildman–Crippen MR) is 68.7 cm³/mol. The molecule has 100 valence electrons. The van der Waals surface area contributed by atoms with Crippen molar-refractivity contribution in [3.8, 4) is 0 Å². The first-order valence-electron chi connectivity index (χ1n) is 5.58. The average Bonchev–Trinajstić information content (AvgIpc) is 2.61. The maximum absolute atomic E-state index is 11.5. The van der Waals surface area contributed by atoms with E-state index in [4.69, 9.17) is 0 Å². The minimum atomic E-state index is -4.24. The van der Waals surface area contributed by atoms with Gasteiger partial charge in [-0.05, 0) is 5.92 Å². The quantitative estimate of drug-likeness (QED) is 0.749. The summed E-state index contributed by atoms with van der Waals surface area (Å²) in [5.41, 5.74) is -0.540. The van der Waals surface area contributed by atoms with Gasteiger partial charge in [0.15, 0.2) is 5.84 Å². The third-order valence-corrected chi connectivity index (χ3v) is 3.77. The highest BCUT2D eigenvalue weighted by Gasteiger charge is 2.40. The zero-order valence-electron chi connectivity index (χ0n) is 10.5. The molecule has 2 aliphatic heterocycles. The number of amidine groups is 1. The molecule has 0 amide bonds. The highest BCUT2D eigenvalue weighted by Crippen LogP contribution is 2.25. The van der Waals surface area contributed by atoms with Crippen LogP contribution in [0.1, 0.15) is 13.8 Å². The van der Waals surface area contributed by atoms with Crippen molar-refractivity contribution >= 4 is 22.3 Å². The van der Waals surface area contributed by atoms with Crippen LogP contribution in [0.2, 0.25) is 0 Å². The minimum absolute atomic E-state index is 0.227. The molecule has 8 heteroatoms. The Morgan fingerprint density at radius 2 is 2.17 bits per heavy atom. The highest BCUT2D eigenvalue weighted by atomic mass is 32.2. The van der Waals surface area contributed by atoms with Crippen molar-refractivity contribution in [1.29, 1.82) is 0 Å². The van der Waals surface area contributed by atoms with E-state index >= 15 is 0 Å². The Balaban J connectivity index is 2.45. The Morgan fingerprint density at radius 3 is 2.72 bits per heavy atom. The largest absolute Gasteiger partial charge is 0.344 e. The van der Waals surface area contributed by atoms with Gasteiger partial charge in [0.2, 0.25) is 5.50 Å². The van der Waals surface area contributed by atoms with Gasteiger partial charge < -0.3 is 9.80 Å². The summed E-state index contributed by atoms with van der Waals surface area (Å²) in [6.45, 7) is 4.40. The molecule has 0 aromatic rings. The van der Waals surface area contributed by atoms with Gasteiger partial charge in [-0.3, -0.25) is 4.55 Å². The van der Waals surface area contributed by atoms with Crippen molar-refractivity contribution in [2.24, 2.45) is 15.9 Å². The van der Waals surface area contributed by atoms with E-state index in [9.17, 15) is 13.0 Å². The molecule has 1 atom stereocenters. The van der Waals surface area contributed by atoms with Crippen LogP contribution in [0, 0.1) is 5.92 Å². The van der Waals surface area contributed by atoms with Gasteiger partial charge in [-0.1, -0.05) is 13.8 Å². The SMILES string of the molecule is CC(C)CN1C2=NC=NC2=CN(C)C1S(=O)(=O)O. The molecule has 2 rings (SSSR count). The molecule has 0 aromatic carbocycles. The lowest BCUT2D eigenvalue weighted by Crippen LogP contribution is -2.56. The van der Waals surface area contributed by atoms with Crippen LogP contribution in [0.3, 0.4) is 0 Å². The number of fused-ring (bicyclic) bond motifs is 1. The first kappa shape index (κ1) is 13.0. The first-order valence-corrected chi connectivity index (χ1v) is 7.08. The lowest BCUT2D eigenvalue weighted by Gasteiger charge is -2.40. The maximum Gasteiger partial charge on any atom is 0.306 e. The molecular weight excluding hydrogens is 256 g/mol. The molecule has 0 fully saturated rings. The molecule has 18 heavy (non-hydrogen) atoms. The van der Waals surface area contributed by atoms with Gasteiger partial charge in [-0.2, -0.15) is 8.42 Å². The number of hydrogen-bond donors (Lipinski definition) is 1. The average molecular weight is 272 g/mol. The highest BCUT2D eigenvalue weighted by molar-refractivity contribution is 7.86. The van der Waals surface area contributed by atoms with Crippen molar-refractivity contribution in [2.45, 2.75) is 19.3 Å². The van der Waals surface area contributed by atoms with Crippen LogP contribution in [0.5, 0.6) is 0 Å². The Hall–Kier alpha value is -1.41. The van der Waals surface area contributed by atoms with E-state index in [-0.39, 0.29) is 5.92 Å². The fourth-order valence-electron chi connectivity index (χ4n) is 2.10. The Kier molecular flexibility index (Phi) is 3.16. The van der Waals surface area contributed by atoms with Gasteiger partial charge in [0.1, 0.15) is 12.0 Å². The van der Waals surface area contributed by atoms with E-state index in [1.807, 2.05) is 13.8 Å². The van der Waals surface area contributed by atoms with Crippen LogP contribution in [-0.2, 0) is 10.1 Å². The maximum atomic E-state index is 11.5. The first-order chi connectivity index (χ1) is 8.30. The molecular formula is C10H16N4O3S. The molecule has 0 aliphatic carbocycles. The normalized spacial score (nSPS) is 23.3. The third kappa shape index (κ3) is 2.25. The second-order valence-electron chi connectivity index (χ2n) is 4.76. The lowest BCUT2D eigenvalue weighted by molar-refractivity contribution is 0.196. The Labute approximate surface area is 106 Å². The molecule has 1 unspecified atom stereocenters. The molecule has 0 bridgehead atoms. The van der Waals surface area contributed by atoms with Crippen LogP contribution in [0.25, 0.3) is 0 Å². The predicted octanol–water partition coefficient (Wildman–Crippen LogP) is 0.343. The van der Waals surface area contributed by atoms with E-state index < -0.39 is 15.6 Å². The molecule has 1 N–H and O–H groups in total. The minimum Gasteiger partial charge on any atom is -0.344 e. The van der Waals surface area contributed by atoms with Crippen LogP contribution < -0.4 is 0 Å². The number of rotatable bonds is 3. The van der Waals surface area contributed by atoms with Gasteiger partial charge >= 0.3 is 10.1 Å². The third-order valence-electron chi connectivity index (χ3n) is 2.65. The number of aliphatic imine (C=N–C) groups is 2. The molecule has 0 spiro atoms. The summed E-state index contributed by atoms with van der Waals surface area (Å²) >= 11 is 0. The molecule has 7 nitrogen and oxygen atoms in total. The van der Waals surface area contributed by atoms with E-state index in [2.05, 4.69) is 9.98 Å². The summed E-state index contributed by atoms with van der Waals surface area (Å²) in [7, 11) is -2.65. The molecule has 2 heterocycles. The fraction of sp³-hybridized carbons (Fsp3) is 0.600. The van der Waals surface area contributed by atoms with Gasteiger partial charge in [0.25, 0.3) is 0 Å². The second-order valence-corrected chi connectivity index (χ2v) is 6.22. The summed E-state index contributed by atoms with van der Waals surface area (Å²) < 4.78 is 32.4. The van der Waals surface area contributed by atoms with E-state index in [1.54, 1.807) is 18.1 Å². The van der Waals surface area contributed by atoms with Crippen molar-refractivity contribution in [1.82, 2.24) is 9.80 Å². The number of hydrogen-bond acceptors (Lipinski definition) is 6. The van der Waals surface area contributed by atoms with Crippen LogP contribution in [0.15, 0.2) is 21.9 Å². The lowest BCUT2D eigenvalue weighted by atomic mass is 10.2. The molecule has 0 saturated heterocycles. The molecule has 0 saturated carbocycles. The fourth-order valence-corrected chi connectivity index (χ4v) is 3.09. The summed E-state index contributed by atoms with van der Waals surface area (Å²) in [6.07, 6.45) is 2.95. The standard InChI is InChI=1S/C10H16N4O3S/c1-7(2)4-14-9-8(11-6-12-9)5-13(3)10(14)18(15,16)17/h5-7,10H,4H2,1-3H3,(H,15,16,17). The summed E-state index contributed by atoms with van der Waals surface area (Å²) in [5.74, 6) is 0.717. The van der Waals surface area contributed by atoms with E-state index in [0.29, 0.717) is 18.1 Å². The van der Waals surface area contributed by atoms with E-state index in [0.717, 1.165) is 0 Å². The number of nitrogens with zero attached hydrogens (tertiary/aromatic N) is 4. The smallest absolute Gasteiger partial charge is 0.306 e. The van der Waals surface area contributed by atoms with Gasteiger partial charge in [-0.25, -0.2) is 9.98 Å². The molecule has 0 aromatic heterocycles. The van der Waals surface area contributed by atoms with Crippen molar-refractivity contribution < 1.29 is 13.0 Å².